The lowest BCUT2D eigenvalue weighted by Crippen LogP contribution is -2.23. The summed E-state index contributed by atoms with van der Waals surface area (Å²) in [5, 5.41) is 16.8. The van der Waals surface area contributed by atoms with E-state index in [0.29, 0.717) is 28.9 Å². The number of hydrogen-bond acceptors (Lipinski definition) is 7. The molecule has 0 aliphatic rings. The van der Waals surface area contributed by atoms with Crippen molar-refractivity contribution in [3.63, 3.8) is 0 Å². The van der Waals surface area contributed by atoms with E-state index in [9.17, 15) is 4.79 Å². The molecule has 2 aromatic heterocycles. The normalized spacial score (nSPS) is 11.1. The summed E-state index contributed by atoms with van der Waals surface area (Å²) < 4.78 is 6.32. The predicted octanol–water partition coefficient (Wildman–Crippen LogP) is 1.48. The summed E-state index contributed by atoms with van der Waals surface area (Å²) in [6, 6.07) is 1.80. The number of aromatic nitrogens is 4. The highest BCUT2D eigenvalue weighted by molar-refractivity contribution is 7.18. The fourth-order valence-electron chi connectivity index (χ4n) is 1.73. The van der Waals surface area contributed by atoms with Crippen LogP contribution in [0.2, 0.25) is 0 Å². The van der Waals surface area contributed by atoms with E-state index in [-0.39, 0.29) is 11.5 Å². The van der Waals surface area contributed by atoms with Crippen LogP contribution >= 0.6 is 11.3 Å². The quantitative estimate of drug-likeness (QED) is 0.814. The Hall–Kier alpha value is -1.80. The third-order valence-electron chi connectivity index (χ3n) is 2.91. The van der Waals surface area contributed by atoms with Crippen molar-refractivity contribution in [3.05, 3.63) is 22.1 Å². The number of hydrogen-bond donors (Lipinski definition) is 1. The van der Waals surface area contributed by atoms with Gasteiger partial charge in [0, 0.05) is 20.7 Å². The van der Waals surface area contributed by atoms with Crippen LogP contribution in [0.1, 0.15) is 25.5 Å². The van der Waals surface area contributed by atoms with Gasteiger partial charge in [0.05, 0.1) is 17.9 Å². The minimum absolute atomic E-state index is 0.168. The second-order valence-electron chi connectivity index (χ2n) is 4.90. The standard InChI is InChI=1S/C13H19N5O2S/c1-8(2)10-7-9(12(19)18(3)17-10)11-15-16-13(21-11)14-5-6-20-4/h7-8H,5-6H2,1-4H3,(H,14,16). The van der Waals surface area contributed by atoms with Crippen LogP contribution < -0.4 is 10.9 Å². The van der Waals surface area contributed by atoms with Gasteiger partial charge in [0.1, 0.15) is 0 Å². The van der Waals surface area contributed by atoms with Crippen LogP contribution in [0.25, 0.3) is 10.6 Å². The van der Waals surface area contributed by atoms with Crippen molar-refractivity contribution in [2.75, 3.05) is 25.6 Å². The minimum atomic E-state index is -0.168. The molecule has 0 aliphatic heterocycles. The Labute approximate surface area is 127 Å². The van der Waals surface area contributed by atoms with Gasteiger partial charge < -0.3 is 10.1 Å². The maximum Gasteiger partial charge on any atom is 0.276 e. The van der Waals surface area contributed by atoms with Crippen LogP contribution in [0.15, 0.2) is 10.9 Å². The van der Waals surface area contributed by atoms with Crippen LogP contribution in [0.5, 0.6) is 0 Å². The monoisotopic (exact) mass is 309 g/mol. The molecule has 0 aliphatic carbocycles. The Morgan fingerprint density at radius 1 is 1.43 bits per heavy atom. The lowest BCUT2D eigenvalue weighted by Gasteiger charge is -2.07. The Morgan fingerprint density at radius 2 is 2.19 bits per heavy atom. The number of ether oxygens (including phenoxy) is 1. The molecule has 0 atom stereocenters. The third-order valence-corrected chi connectivity index (χ3v) is 3.83. The van der Waals surface area contributed by atoms with Gasteiger partial charge in [-0.1, -0.05) is 25.2 Å². The van der Waals surface area contributed by atoms with Crippen LogP contribution in [0.3, 0.4) is 0 Å². The zero-order valence-electron chi connectivity index (χ0n) is 12.6. The fraction of sp³-hybridized carbons (Fsp3) is 0.538. The fourth-order valence-corrected chi connectivity index (χ4v) is 2.51. The molecule has 1 N–H and O–H groups in total. The molecule has 2 heterocycles. The van der Waals surface area contributed by atoms with Gasteiger partial charge in [0.2, 0.25) is 5.13 Å². The first-order chi connectivity index (χ1) is 10.0. The summed E-state index contributed by atoms with van der Waals surface area (Å²) in [4.78, 5) is 12.2. The Bertz CT molecular complexity index is 665. The molecule has 0 aromatic carbocycles. The van der Waals surface area contributed by atoms with Crippen molar-refractivity contribution < 1.29 is 4.74 Å². The molecule has 8 heteroatoms. The van der Waals surface area contributed by atoms with Gasteiger partial charge in [0.25, 0.3) is 5.56 Å². The second kappa shape index (κ2) is 6.77. The summed E-state index contributed by atoms with van der Waals surface area (Å²) in [7, 11) is 3.29. The topological polar surface area (TPSA) is 81.9 Å². The van der Waals surface area contributed by atoms with E-state index in [1.165, 1.54) is 16.0 Å². The molecule has 2 rings (SSSR count). The molecular weight excluding hydrogens is 290 g/mol. The largest absolute Gasteiger partial charge is 0.383 e. The molecule has 114 valence electrons. The SMILES string of the molecule is COCCNc1nnc(-c2cc(C(C)C)nn(C)c2=O)s1. The zero-order valence-corrected chi connectivity index (χ0v) is 13.4. The van der Waals surface area contributed by atoms with Gasteiger partial charge in [-0.05, 0) is 12.0 Å². The predicted molar refractivity (Wildman–Crippen MR) is 82.8 cm³/mol. The average molecular weight is 309 g/mol. The molecule has 2 aromatic rings. The second-order valence-corrected chi connectivity index (χ2v) is 5.88. The molecule has 0 spiro atoms. The zero-order chi connectivity index (χ0) is 15.4. The highest BCUT2D eigenvalue weighted by Crippen LogP contribution is 2.25. The van der Waals surface area contributed by atoms with E-state index in [1.807, 2.05) is 13.8 Å². The maximum absolute atomic E-state index is 12.2. The van der Waals surface area contributed by atoms with Gasteiger partial charge in [0.15, 0.2) is 5.01 Å². The number of methoxy groups -OCH3 is 1. The van der Waals surface area contributed by atoms with Crippen molar-refractivity contribution in [1.29, 1.82) is 0 Å². The van der Waals surface area contributed by atoms with Crippen LogP contribution in [-0.2, 0) is 11.8 Å². The molecule has 0 saturated heterocycles. The lowest BCUT2D eigenvalue weighted by atomic mass is 10.1. The van der Waals surface area contributed by atoms with E-state index in [1.54, 1.807) is 20.2 Å². The number of nitrogens with one attached hydrogen (secondary N) is 1. The molecular formula is C13H19N5O2S. The summed E-state index contributed by atoms with van der Waals surface area (Å²) in [5.41, 5.74) is 1.23. The first-order valence-corrected chi connectivity index (χ1v) is 7.49. The number of aryl methyl sites for hydroxylation is 1. The molecule has 0 unspecified atom stereocenters. The summed E-state index contributed by atoms with van der Waals surface area (Å²) in [6.45, 7) is 5.31. The molecule has 0 bridgehead atoms. The Kier molecular flexibility index (Phi) is 5.03. The molecule has 0 saturated carbocycles. The van der Waals surface area contributed by atoms with Gasteiger partial charge in [-0.2, -0.15) is 5.10 Å². The number of anilines is 1. The van der Waals surface area contributed by atoms with Crippen LogP contribution in [-0.4, -0.2) is 40.2 Å². The number of rotatable bonds is 6. The van der Waals surface area contributed by atoms with Crippen LogP contribution in [0.4, 0.5) is 5.13 Å². The molecule has 0 radical (unpaired) electrons. The van der Waals surface area contributed by atoms with E-state index in [0.717, 1.165) is 5.69 Å². The van der Waals surface area contributed by atoms with Crippen molar-refractivity contribution in [3.8, 4) is 10.6 Å². The summed E-state index contributed by atoms with van der Waals surface area (Å²) in [5.74, 6) is 0.239. The minimum Gasteiger partial charge on any atom is -0.383 e. The van der Waals surface area contributed by atoms with Crippen molar-refractivity contribution >= 4 is 16.5 Å². The van der Waals surface area contributed by atoms with Gasteiger partial charge >= 0.3 is 0 Å². The van der Waals surface area contributed by atoms with Crippen molar-refractivity contribution in [2.24, 2.45) is 7.05 Å². The third kappa shape index (κ3) is 3.64. The Morgan fingerprint density at radius 3 is 2.86 bits per heavy atom. The first kappa shape index (κ1) is 15.6. The summed E-state index contributed by atoms with van der Waals surface area (Å²) in [6.07, 6.45) is 0. The highest BCUT2D eigenvalue weighted by atomic mass is 32.1. The van der Waals surface area contributed by atoms with E-state index < -0.39 is 0 Å². The maximum atomic E-state index is 12.2. The molecule has 21 heavy (non-hydrogen) atoms. The smallest absolute Gasteiger partial charge is 0.276 e. The molecule has 0 fully saturated rings. The van der Waals surface area contributed by atoms with Gasteiger partial charge in [-0.3, -0.25) is 4.79 Å². The van der Waals surface area contributed by atoms with Crippen LogP contribution in [0, 0.1) is 0 Å². The van der Waals surface area contributed by atoms with Gasteiger partial charge in [-0.25, -0.2) is 4.68 Å². The van der Waals surface area contributed by atoms with Gasteiger partial charge in [-0.15, -0.1) is 10.2 Å². The Balaban J connectivity index is 2.31. The summed E-state index contributed by atoms with van der Waals surface area (Å²) >= 11 is 1.35. The number of nitrogens with zero attached hydrogens (tertiary/aromatic N) is 4. The average Bonchev–Trinajstić information content (AvgIpc) is 2.90. The first-order valence-electron chi connectivity index (χ1n) is 6.68. The highest BCUT2D eigenvalue weighted by Gasteiger charge is 2.14. The molecule has 7 nitrogen and oxygen atoms in total. The van der Waals surface area contributed by atoms with E-state index >= 15 is 0 Å². The van der Waals surface area contributed by atoms with E-state index in [4.69, 9.17) is 4.74 Å². The van der Waals surface area contributed by atoms with E-state index in [2.05, 4.69) is 20.6 Å². The van der Waals surface area contributed by atoms with Crippen molar-refractivity contribution in [2.45, 2.75) is 19.8 Å². The van der Waals surface area contributed by atoms with Crippen molar-refractivity contribution in [1.82, 2.24) is 20.0 Å². The molecule has 0 amide bonds. The lowest BCUT2D eigenvalue weighted by molar-refractivity contribution is 0.211.